The average molecular weight is 335 g/mol. The van der Waals surface area contributed by atoms with E-state index in [2.05, 4.69) is 4.74 Å². The number of hydrogen-bond donors (Lipinski definition) is 1. The van der Waals surface area contributed by atoms with Gasteiger partial charge in [-0.1, -0.05) is 0 Å². The zero-order valence-electron chi connectivity index (χ0n) is 12.4. The standard InChI is InChI=1S/C12H18F5NO4/c1-10(2,3)22-9(20)21-7-5-4-6-18-8(19)11(13,14)12(15,16)17/h4-7H2,1-3H3,(H,18,19). The van der Waals surface area contributed by atoms with E-state index in [1.54, 1.807) is 20.8 Å². The summed E-state index contributed by atoms with van der Waals surface area (Å²) >= 11 is 0. The molecule has 0 bridgehead atoms. The van der Waals surface area contributed by atoms with Crippen LogP contribution in [0.5, 0.6) is 0 Å². The van der Waals surface area contributed by atoms with Crippen LogP contribution in [-0.2, 0) is 14.3 Å². The molecule has 10 heteroatoms. The van der Waals surface area contributed by atoms with Crippen molar-refractivity contribution in [1.82, 2.24) is 5.32 Å². The molecule has 1 amide bonds. The predicted octanol–water partition coefficient (Wildman–Crippen LogP) is 3.03. The van der Waals surface area contributed by atoms with Crippen molar-refractivity contribution in [2.24, 2.45) is 0 Å². The van der Waals surface area contributed by atoms with Gasteiger partial charge in [0.05, 0.1) is 6.61 Å². The van der Waals surface area contributed by atoms with Gasteiger partial charge in [0.25, 0.3) is 5.91 Å². The lowest BCUT2D eigenvalue weighted by Crippen LogP contribution is -2.50. The van der Waals surface area contributed by atoms with E-state index in [1.807, 2.05) is 0 Å². The Hall–Kier alpha value is -1.61. The minimum Gasteiger partial charge on any atom is -0.434 e. The summed E-state index contributed by atoms with van der Waals surface area (Å²) in [6, 6.07) is 0. The molecular weight excluding hydrogens is 317 g/mol. The van der Waals surface area contributed by atoms with Crippen LogP contribution in [0.25, 0.3) is 0 Å². The van der Waals surface area contributed by atoms with Gasteiger partial charge in [0.15, 0.2) is 0 Å². The first-order chi connectivity index (χ1) is 9.77. The summed E-state index contributed by atoms with van der Waals surface area (Å²) in [7, 11) is 0. The van der Waals surface area contributed by atoms with Gasteiger partial charge in [-0.3, -0.25) is 4.79 Å². The molecule has 0 radical (unpaired) electrons. The molecule has 22 heavy (non-hydrogen) atoms. The molecule has 0 saturated carbocycles. The lowest BCUT2D eigenvalue weighted by molar-refractivity contribution is -0.269. The van der Waals surface area contributed by atoms with Crippen LogP contribution in [0.15, 0.2) is 0 Å². The number of nitrogens with one attached hydrogen (secondary N) is 1. The number of unbranched alkanes of at least 4 members (excludes halogenated alkanes) is 1. The van der Waals surface area contributed by atoms with E-state index in [4.69, 9.17) is 4.74 Å². The molecule has 0 aromatic carbocycles. The SMILES string of the molecule is CC(C)(C)OC(=O)OCCCCNC(=O)C(F)(F)C(F)(F)F. The maximum atomic E-state index is 12.5. The van der Waals surface area contributed by atoms with Gasteiger partial charge in [-0.05, 0) is 33.6 Å². The lowest BCUT2D eigenvalue weighted by atomic mass is 10.2. The molecule has 130 valence electrons. The predicted molar refractivity (Wildman–Crippen MR) is 65.4 cm³/mol. The fourth-order valence-electron chi connectivity index (χ4n) is 1.10. The summed E-state index contributed by atoms with van der Waals surface area (Å²) in [6.45, 7) is 4.38. The van der Waals surface area contributed by atoms with Crippen LogP contribution in [0.3, 0.4) is 0 Å². The Labute approximate surface area is 124 Å². The topological polar surface area (TPSA) is 64.6 Å². The van der Waals surface area contributed by atoms with Crippen molar-refractivity contribution in [3.63, 3.8) is 0 Å². The summed E-state index contributed by atoms with van der Waals surface area (Å²) < 4.78 is 70.1. The van der Waals surface area contributed by atoms with Crippen LogP contribution in [0.1, 0.15) is 33.6 Å². The zero-order valence-corrected chi connectivity index (χ0v) is 12.4. The van der Waals surface area contributed by atoms with E-state index in [-0.39, 0.29) is 19.4 Å². The molecule has 0 unspecified atom stereocenters. The smallest absolute Gasteiger partial charge is 0.434 e. The van der Waals surface area contributed by atoms with Gasteiger partial charge in [-0.15, -0.1) is 0 Å². The van der Waals surface area contributed by atoms with Crippen molar-refractivity contribution >= 4 is 12.1 Å². The Morgan fingerprint density at radius 3 is 2.00 bits per heavy atom. The third kappa shape index (κ3) is 7.41. The van der Waals surface area contributed by atoms with Crippen LogP contribution in [0.2, 0.25) is 0 Å². The number of alkyl halides is 5. The number of carbonyl (C=O) groups excluding carboxylic acids is 2. The summed E-state index contributed by atoms with van der Waals surface area (Å²) in [5.41, 5.74) is -0.728. The molecule has 1 N–H and O–H groups in total. The van der Waals surface area contributed by atoms with Gasteiger partial charge in [-0.2, -0.15) is 22.0 Å². The Kier molecular flexibility index (Phi) is 7.04. The minimum absolute atomic E-state index is 0.0580. The molecule has 0 heterocycles. The quantitative estimate of drug-likeness (QED) is 0.460. The lowest BCUT2D eigenvalue weighted by Gasteiger charge is -2.19. The Balaban J connectivity index is 3.88. The zero-order chi connectivity index (χ0) is 17.6. The number of ether oxygens (including phenoxy) is 2. The van der Waals surface area contributed by atoms with E-state index < -0.39 is 36.3 Å². The summed E-state index contributed by atoms with van der Waals surface area (Å²) in [6.07, 6.45) is -6.63. The highest BCUT2D eigenvalue weighted by Gasteiger charge is 2.63. The first-order valence-electron chi connectivity index (χ1n) is 6.36. The summed E-state index contributed by atoms with van der Waals surface area (Å²) in [5, 5.41) is 1.48. The summed E-state index contributed by atoms with van der Waals surface area (Å²) in [5.74, 6) is -7.84. The van der Waals surface area contributed by atoms with Crippen molar-refractivity contribution < 1.29 is 41.0 Å². The molecule has 0 aliphatic carbocycles. The van der Waals surface area contributed by atoms with E-state index in [1.165, 1.54) is 5.32 Å². The number of hydrogen-bond acceptors (Lipinski definition) is 4. The molecule has 0 atom stereocenters. The van der Waals surface area contributed by atoms with Crippen molar-refractivity contribution in [2.45, 2.75) is 51.3 Å². The van der Waals surface area contributed by atoms with Gasteiger partial charge >= 0.3 is 18.3 Å². The third-order valence-electron chi connectivity index (χ3n) is 2.11. The first kappa shape index (κ1) is 20.4. The van der Waals surface area contributed by atoms with Crippen molar-refractivity contribution in [2.75, 3.05) is 13.2 Å². The fourth-order valence-corrected chi connectivity index (χ4v) is 1.10. The molecule has 0 rings (SSSR count). The highest BCUT2D eigenvalue weighted by Crippen LogP contribution is 2.35. The average Bonchev–Trinajstić information content (AvgIpc) is 2.29. The second-order valence-electron chi connectivity index (χ2n) is 5.35. The van der Waals surface area contributed by atoms with E-state index in [0.29, 0.717) is 0 Å². The molecule has 0 fully saturated rings. The van der Waals surface area contributed by atoms with Crippen molar-refractivity contribution in [1.29, 1.82) is 0 Å². The number of carbonyl (C=O) groups is 2. The van der Waals surface area contributed by atoms with Crippen LogP contribution in [0, 0.1) is 0 Å². The largest absolute Gasteiger partial charge is 0.508 e. The molecular formula is C12H18F5NO4. The van der Waals surface area contributed by atoms with Gasteiger partial charge in [0, 0.05) is 6.54 Å². The molecule has 0 saturated heterocycles. The van der Waals surface area contributed by atoms with Crippen LogP contribution < -0.4 is 5.32 Å². The van der Waals surface area contributed by atoms with Crippen molar-refractivity contribution in [3.8, 4) is 0 Å². The Morgan fingerprint density at radius 2 is 1.55 bits per heavy atom. The second-order valence-corrected chi connectivity index (χ2v) is 5.35. The van der Waals surface area contributed by atoms with Crippen LogP contribution >= 0.6 is 0 Å². The fraction of sp³-hybridized carbons (Fsp3) is 0.833. The van der Waals surface area contributed by atoms with Gasteiger partial charge in [-0.25, -0.2) is 4.79 Å². The molecule has 0 aliphatic heterocycles. The highest BCUT2D eigenvalue weighted by atomic mass is 19.4. The molecule has 0 aromatic heterocycles. The number of halogens is 5. The van der Waals surface area contributed by atoms with Crippen LogP contribution in [-0.4, -0.2) is 42.9 Å². The van der Waals surface area contributed by atoms with Gasteiger partial charge in [0.2, 0.25) is 0 Å². The van der Waals surface area contributed by atoms with E-state index in [0.717, 1.165) is 0 Å². The molecule has 0 aromatic rings. The normalized spacial score (nSPS) is 12.7. The van der Waals surface area contributed by atoms with E-state index in [9.17, 15) is 31.5 Å². The number of amides is 1. The first-order valence-corrected chi connectivity index (χ1v) is 6.36. The highest BCUT2D eigenvalue weighted by molar-refractivity contribution is 5.84. The molecule has 0 spiro atoms. The number of rotatable bonds is 6. The maximum Gasteiger partial charge on any atom is 0.508 e. The Morgan fingerprint density at radius 1 is 1.00 bits per heavy atom. The molecule has 0 aliphatic rings. The van der Waals surface area contributed by atoms with Crippen molar-refractivity contribution in [3.05, 3.63) is 0 Å². The monoisotopic (exact) mass is 335 g/mol. The second kappa shape index (κ2) is 7.59. The summed E-state index contributed by atoms with van der Waals surface area (Å²) in [4.78, 5) is 21.8. The maximum absolute atomic E-state index is 12.5. The van der Waals surface area contributed by atoms with Gasteiger partial charge < -0.3 is 14.8 Å². The van der Waals surface area contributed by atoms with Gasteiger partial charge in [0.1, 0.15) is 5.60 Å². The van der Waals surface area contributed by atoms with E-state index >= 15 is 0 Å². The molecule has 5 nitrogen and oxygen atoms in total. The third-order valence-corrected chi connectivity index (χ3v) is 2.11. The Bertz CT molecular complexity index is 390. The van der Waals surface area contributed by atoms with Crippen LogP contribution in [0.4, 0.5) is 26.7 Å². The minimum atomic E-state index is -5.93.